The molecule has 0 saturated carbocycles. The van der Waals surface area contributed by atoms with Gasteiger partial charge in [-0.1, -0.05) is 18.2 Å². The zero-order chi connectivity index (χ0) is 21.5. The maximum Gasteiger partial charge on any atom is 0.257 e. The lowest BCUT2D eigenvalue weighted by molar-refractivity contribution is -0.115. The van der Waals surface area contributed by atoms with Crippen LogP contribution in [0.25, 0.3) is 0 Å². The van der Waals surface area contributed by atoms with E-state index >= 15 is 0 Å². The van der Waals surface area contributed by atoms with E-state index in [4.69, 9.17) is 0 Å². The molecule has 0 aliphatic heterocycles. The fourth-order valence-electron chi connectivity index (χ4n) is 3.14. The van der Waals surface area contributed by atoms with Gasteiger partial charge < -0.3 is 10.2 Å². The first-order valence-electron chi connectivity index (χ1n) is 9.96. The molecule has 0 fully saturated rings. The standard InChI is InChI=1S/C23H26N4O2S/c1-4-27(5-2)19-11-12-20(16(3)13-19)25-21(28)14-18-15-30-23(24-18)26-22(29)17-9-7-6-8-10-17/h6-13,15H,4-5,14H2,1-3H3,(H,25,28)(H,24,26,29). The first-order valence-corrected chi connectivity index (χ1v) is 10.8. The van der Waals surface area contributed by atoms with Gasteiger partial charge in [-0.25, -0.2) is 4.98 Å². The molecule has 156 valence electrons. The summed E-state index contributed by atoms with van der Waals surface area (Å²) in [6.45, 7) is 8.11. The van der Waals surface area contributed by atoms with Crippen molar-refractivity contribution >= 4 is 39.7 Å². The third kappa shape index (κ3) is 5.45. The Kier molecular flexibility index (Phi) is 7.19. The van der Waals surface area contributed by atoms with Gasteiger partial charge in [0.25, 0.3) is 5.91 Å². The van der Waals surface area contributed by atoms with Crippen LogP contribution in [-0.4, -0.2) is 29.9 Å². The fourth-order valence-corrected chi connectivity index (χ4v) is 3.84. The van der Waals surface area contributed by atoms with Crippen molar-refractivity contribution in [1.82, 2.24) is 4.98 Å². The van der Waals surface area contributed by atoms with Gasteiger partial charge in [0.15, 0.2) is 5.13 Å². The highest BCUT2D eigenvalue weighted by Gasteiger charge is 2.12. The van der Waals surface area contributed by atoms with Crippen molar-refractivity contribution in [1.29, 1.82) is 0 Å². The van der Waals surface area contributed by atoms with Crippen molar-refractivity contribution in [3.05, 3.63) is 70.7 Å². The SMILES string of the molecule is CCN(CC)c1ccc(NC(=O)Cc2csc(NC(=O)c3ccccc3)n2)c(C)c1. The highest BCUT2D eigenvalue weighted by atomic mass is 32.1. The van der Waals surface area contributed by atoms with Crippen LogP contribution in [0.5, 0.6) is 0 Å². The minimum atomic E-state index is -0.218. The number of nitrogens with zero attached hydrogens (tertiary/aromatic N) is 2. The zero-order valence-corrected chi connectivity index (χ0v) is 18.3. The Morgan fingerprint density at radius 2 is 1.77 bits per heavy atom. The zero-order valence-electron chi connectivity index (χ0n) is 17.4. The van der Waals surface area contributed by atoms with E-state index in [9.17, 15) is 9.59 Å². The van der Waals surface area contributed by atoms with Crippen LogP contribution in [0.3, 0.4) is 0 Å². The van der Waals surface area contributed by atoms with Crippen LogP contribution in [-0.2, 0) is 11.2 Å². The number of hydrogen-bond donors (Lipinski definition) is 2. The number of carbonyl (C=O) groups excluding carboxylic acids is 2. The monoisotopic (exact) mass is 422 g/mol. The summed E-state index contributed by atoms with van der Waals surface area (Å²) in [6.07, 6.45) is 0.148. The van der Waals surface area contributed by atoms with Gasteiger partial charge in [-0.3, -0.25) is 14.9 Å². The first kappa shape index (κ1) is 21.5. The Hall–Kier alpha value is -3.19. The fraction of sp³-hybridized carbons (Fsp3) is 0.261. The second kappa shape index (κ2) is 10.0. The summed E-state index contributed by atoms with van der Waals surface area (Å²) in [4.78, 5) is 31.3. The molecule has 1 heterocycles. The van der Waals surface area contributed by atoms with Crippen LogP contribution in [0.15, 0.2) is 53.9 Å². The maximum absolute atomic E-state index is 12.5. The molecule has 0 aliphatic rings. The molecule has 2 aromatic carbocycles. The predicted molar refractivity (Wildman–Crippen MR) is 124 cm³/mol. The van der Waals surface area contributed by atoms with Crippen molar-refractivity contribution < 1.29 is 9.59 Å². The van der Waals surface area contributed by atoms with Gasteiger partial charge in [-0.05, 0) is 56.7 Å². The van der Waals surface area contributed by atoms with E-state index in [-0.39, 0.29) is 18.2 Å². The summed E-state index contributed by atoms with van der Waals surface area (Å²) in [7, 11) is 0. The van der Waals surface area contributed by atoms with Crippen molar-refractivity contribution in [2.75, 3.05) is 28.6 Å². The number of rotatable bonds is 8. The van der Waals surface area contributed by atoms with Gasteiger partial charge in [0.2, 0.25) is 5.91 Å². The molecule has 2 amide bonds. The number of aryl methyl sites for hydroxylation is 1. The van der Waals surface area contributed by atoms with Crippen molar-refractivity contribution in [2.45, 2.75) is 27.2 Å². The van der Waals surface area contributed by atoms with E-state index in [0.717, 1.165) is 30.0 Å². The summed E-state index contributed by atoms with van der Waals surface area (Å²) >= 11 is 1.31. The van der Waals surface area contributed by atoms with Crippen LogP contribution in [0, 0.1) is 6.92 Å². The molecule has 0 spiro atoms. The largest absolute Gasteiger partial charge is 0.372 e. The molecule has 0 saturated heterocycles. The van der Waals surface area contributed by atoms with Gasteiger partial charge in [-0.15, -0.1) is 11.3 Å². The average Bonchev–Trinajstić information content (AvgIpc) is 3.18. The molecule has 0 bridgehead atoms. The number of benzene rings is 2. The Morgan fingerprint density at radius 3 is 2.43 bits per heavy atom. The van der Waals surface area contributed by atoms with Gasteiger partial charge in [0.05, 0.1) is 12.1 Å². The molecule has 0 atom stereocenters. The highest BCUT2D eigenvalue weighted by molar-refractivity contribution is 7.14. The van der Waals surface area contributed by atoms with Crippen molar-refractivity contribution in [2.24, 2.45) is 0 Å². The first-order chi connectivity index (χ1) is 14.5. The van der Waals surface area contributed by atoms with Gasteiger partial charge in [0.1, 0.15) is 0 Å². The summed E-state index contributed by atoms with van der Waals surface area (Å²) < 4.78 is 0. The van der Waals surface area contributed by atoms with Crippen molar-refractivity contribution in [3.8, 4) is 0 Å². The molecule has 7 heteroatoms. The lowest BCUT2D eigenvalue weighted by Gasteiger charge is -2.22. The lowest BCUT2D eigenvalue weighted by Crippen LogP contribution is -2.22. The van der Waals surface area contributed by atoms with Gasteiger partial charge in [0, 0.05) is 35.4 Å². The predicted octanol–water partition coefficient (Wildman–Crippen LogP) is 4.73. The van der Waals surface area contributed by atoms with Gasteiger partial charge in [-0.2, -0.15) is 0 Å². The normalized spacial score (nSPS) is 10.5. The molecule has 3 aromatic rings. The second-order valence-electron chi connectivity index (χ2n) is 6.86. The number of nitrogens with one attached hydrogen (secondary N) is 2. The Bertz CT molecular complexity index is 1010. The molecule has 6 nitrogen and oxygen atoms in total. The summed E-state index contributed by atoms with van der Waals surface area (Å²) in [5.74, 6) is -0.357. The van der Waals surface area contributed by atoms with Crippen LogP contribution in [0.4, 0.5) is 16.5 Å². The smallest absolute Gasteiger partial charge is 0.257 e. The average molecular weight is 423 g/mol. The van der Waals surface area contributed by atoms with E-state index in [0.29, 0.717) is 16.4 Å². The maximum atomic E-state index is 12.5. The summed E-state index contributed by atoms with van der Waals surface area (Å²) in [5.41, 5.74) is 4.15. The third-order valence-corrected chi connectivity index (χ3v) is 5.57. The molecule has 0 unspecified atom stereocenters. The van der Waals surface area contributed by atoms with E-state index in [2.05, 4.69) is 40.4 Å². The molecule has 1 aromatic heterocycles. The Balaban J connectivity index is 1.59. The van der Waals surface area contributed by atoms with Gasteiger partial charge >= 0.3 is 0 Å². The molecular formula is C23H26N4O2S. The molecule has 30 heavy (non-hydrogen) atoms. The number of thiazole rings is 1. The molecule has 0 radical (unpaired) electrons. The van der Waals surface area contributed by atoms with Crippen LogP contribution in [0.2, 0.25) is 0 Å². The molecule has 3 rings (SSSR count). The minimum Gasteiger partial charge on any atom is -0.372 e. The molecule has 0 aliphatic carbocycles. The molecular weight excluding hydrogens is 396 g/mol. The van der Waals surface area contributed by atoms with E-state index in [1.165, 1.54) is 11.3 Å². The summed E-state index contributed by atoms with van der Waals surface area (Å²) in [6, 6.07) is 15.0. The quantitative estimate of drug-likeness (QED) is 0.550. The van der Waals surface area contributed by atoms with Crippen molar-refractivity contribution in [3.63, 3.8) is 0 Å². The lowest BCUT2D eigenvalue weighted by atomic mass is 10.1. The van der Waals surface area contributed by atoms with Crippen LogP contribution < -0.4 is 15.5 Å². The second-order valence-corrected chi connectivity index (χ2v) is 7.72. The van der Waals surface area contributed by atoms with E-state index < -0.39 is 0 Å². The van der Waals surface area contributed by atoms with E-state index in [1.54, 1.807) is 17.5 Å². The Labute approximate surface area is 181 Å². The Morgan fingerprint density at radius 1 is 1.03 bits per heavy atom. The number of hydrogen-bond acceptors (Lipinski definition) is 5. The number of amides is 2. The number of aromatic nitrogens is 1. The highest BCUT2D eigenvalue weighted by Crippen LogP contribution is 2.23. The number of carbonyl (C=O) groups is 2. The number of anilines is 3. The topological polar surface area (TPSA) is 74.3 Å². The van der Waals surface area contributed by atoms with Crippen LogP contribution >= 0.6 is 11.3 Å². The van der Waals surface area contributed by atoms with E-state index in [1.807, 2.05) is 37.3 Å². The molecule has 2 N–H and O–H groups in total. The van der Waals surface area contributed by atoms with Crippen LogP contribution in [0.1, 0.15) is 35.5 Å². The minimum absolute atomic E-state index is 0.139. The third-order valence-electron chi connectivity index (χ3n) is 4.76. The summed E-state index contributed by atoms with van der Waals surface area (Å²) in [5, 5.41) is 7.99.